The minimum absolute atomic E-state index is 0.391. The molecule has 0 aliphatic carbocycles. The summed E-state index contributed by atoms with van der Waals surface area (Å²) in [4.78, 5) is 15.8. The highest BCUT2D eigenvalue weighted by atomic mass is 16.1. The minimum atomic E-state index is -0.391. The number of amides is 1. The van der Waals surface area contributed by atoms with Crippen LogP contribution in [-0.4, -0.2) is 16.7 Å². The zero-order chi connectivity index (χ0) is 14.3. The van der Waals surface area contributed by atoms with Crippen molar-refractivity contribution in [3.63, 3.8) is 0 Å². The Labute approximate surface area is 117 Å². The second-order valence-electron chi connectivity index (χ2n) is 4.90. The Morgan fingerprint density at radius 3 is 2.75 bits per heavy atom. The molecule has 2 N–H and O–H groups in total. The fourth-order valence-corrected chi connectivity index (χ4v) is 2.58. The van der Waals surface area contributed by atoms with Crippen molar-refractivity contribution in [3.8, 4) is 0 Å². The van der Waals surface area contributed by atoms with Gasteiger partial charge in [-0.05, 0) is 25.5 Å². The maximum absolute atomic E-state index is 11.5. The number of carbonyl (C=O) groups is 1. The van der Waals surface area contributed by atoms with Crippen LogP contribution in [0.25, 0.3) is 11.8 Å². The lowest BCUT2D eigenvalue weighted by Crippen LogP contribution is -2.13. The van der Waals surface area contributed by atoms with E-state index in [0.717, 1.165) is 28.1 Å². The number of carbonyl (C=O) groups excluding carboxylic acids is 1. The molecule has 1 aliphatic rings. The molecule has 0 saturated heterocycles. The van der Waals surface area contributed by atoms with Gasteiger partial charge in [0.2, 0.25) is 0 Å². The van der Waals surface area contributed by atoms with Crippen LogP contribution in [0.4, 0.5) is 5.69 Å². The summed E-state index contributed by atoms with van der Waals surface area (Å²) in [5, 5.41) is 0. The lowest BCUT2D eigenvalue weighted by Gasteiger charge is -2.03. The standard InChI is InChI=1S/C16H15N3O/c1-10-8-19(11(2)15(10)16(17)20)9-12-7-18-14-6-4-3-5-13(12)14/h3-9H,1-2H3,(H2,17,20). The van der Waals surface area contributed by atoms with Gasteiger partial charge in [0.15, 0.2) is 0 Å². The number of aliphatic imine (C=N–C) groups is 1. The first kappa shape index (κ1) is 12.4. The van der Waals surface area contributed by atoms with Gasteiger partial charge in [0, 0.05) is 35.4 Å². The van der Waals surface area contributed by atoms with Gasteiger partial charge in [-0.1, -0.05) is 18.2 Å². The summed E-state index contributed by atoms with van der Waals surface area (Å²) in [6.07, 6.45) is 5.73. The molecule has 0 unspecified atom stereocenters. The Hall–Kier alpha value is -2.62. The molecule has 1 aliphatic heterocycles. The Morgan fingerprint density at radius 1 is 1.30 bits per heavy atom. The third kappa shape index (κ3) is 1.86. The summed E-state index contributed by atoms with van der Waals surface area (Å²) >= 11 is 0. The van der Waals surface area contributed by atoms with Crippen molar-refractivity contribution in [2.75, 3.05) is 0 Å². The van der Waals surface area contributed by atoms with Gasteiger partial charge in [-0.3, -0.25) is 9.79 Å². The van der Waals surface area contributed by atoms with Crippen molar-refractivity contribution in [1.29, 1.82) is 0 Å². The average molecular weight is 265 g/mol. The van der Waals surface area contributed by atoms with Crippen LogP contribution in [0.3, 0.4) is 0 Å². The summed E-state index contributed by atoms with van der Waals surface area (Å²) in [6.45, 7) is 3.78. The van der Waals surface area contributed by atoms with Gasteiger partial charge in [-0.25, -0.2) is 0 Å². The molecule has 0 saturated carbocycles. The predicted molar refractivity (Wildman–Crippen MR) is 81.2 cm³/mol. The number of hydrogen-bond donors (Lipinski definition) is 1. The molecule has 3 rings (SSSR count). The molecule has 1 aromatic heterocycles. The van der Waals surface area contributed by atoms with Gasteiger partial charge in [0.25, 0.3) is 5.91 Å². The van der Waals surface area contributed by atoms with Gasteiger partial charge < -0.3 is 10.3 Å². The van der Waals surface area contributed by atoms with Gasteiger partial charge in [0.1, 0.15) is 0 Å². The number of aromatic nitrogens is 1. The van der Waals surface area contributed by atoms with Crippen LogP contribution in [0.1, 0.15) is 27.2 Å². The van der Waals surface area contributed by atoms with E-state index in [1.54, 1.807) is 0 Å². The van der Waals surface area contributed by atoms with Gasteiger partial charge in [0.05, 0.1) is 11.3 Å². The second kappa shape index (κ2) is 4.49. The average Bonchev–Trinajstić information content (AvgIpc) is 2.93. The van der Waals surface area contributed by atoms with Crippen LogP contribution < -0.4 is 5.73 Å². The van der Waals surface area contributed by atoms with Crippen molar-refractivity contribution in [2.45, 2.75) is 13.8 Å². The Bertz CT molecular complexity index is 766. The van der Waals surface area contributed by atoms with Crippen LogP contribution >= 0.6 is 0 Å². The fraction of sp³-hybridized carbons (Fsp3) is 0.125. The fourth-order valence-electron chi connectivity index (χ4n) is 2.58. The number of hydrogen-bond acceptors (Lipinski definition) is 2. The summed E-state index contributed by atoms with van der Waals surface area (Å²) < 4.78 is 1.93. The first-order valence-electron chi connectivity index (χ1n) is 6.41. The molecule has 1 aromatic carbocycles. The molecule has 0 bridgehead atoms. The van der Waals surface area contributed by atoms with Crippen LogP contribution in [-0.2, 0) is 0 Å². The topological polar surface area (TPSA) is 60.4 Å². The molecule has 2 aromatic rings. The molecule has 0 radical (unpaired) electrons. The van der Waals surface area contributed by atoms with E-state index < -0.39 is 5.91 Å². The van der Waals surface area contributed by atoms with Gasteiger partial charge in [-0.2, -0.15) is 0 Å². The monoisotopic (exact) mass is 265 g/mol. The molecular formula is C16H15N3O. The molecule has 0 atom stereocenters. The number of para-hydroxylation sites is 1. The number of aryl methyl sites for hydroxylation is 1. The number of fused-ring (bicyclic) bond motifs is 1. The van der Waals surface area contributed by atoms with E-state index in [0.29, 0.717) is 5.56 Å². The zero-order valence-electron chi connectivity index (χ0n) is 11.4. The molecule has 0 fully saturated rings. The molecule has 1 amide bonds. The minimum Gasteiger partial charge on any atom is -0.366 e. The van der Waals surface area contributed by atoms with Crippen LogP contribution in [0.5, 0.6) is 0 Å². The SMILES string of the molecule is Cc1cn(C=C2C=Nc3ccccc32)c(C)c1C(N)=O. The molecule has 4 nitrogen and oxygen atoms in total. The Kier molecular flexibility index (Phi) is 2.79. The molecular weight excluding hydrogens is 250 g/mol. The largest absolute Gasteiger partial charge is 0.366 e. The number of benzene rings is 1. The molecule has 2 heterocycles. The number of nitrogens with two attached hydrogens (primary N) is 1. The van der Waals surface area contributed by atoms with Crippen LogP contribution in [0, 0.1) is 13.8 Å². The summed E-state index contributed by atoms with van der Waals surface area (Å²) in [7, 11) is 0. The van der Waals surface area contributed by atoms with E-state index in [4.69, 9.17) is 5.73 Å². The molecule has 0 spiro atoms. The first-order valence-corrected chi connectivity index (χ1v) is 6.41. The summed E-state index contributed by atoms with van der Waals surface area (Å²) in [6, 6.07) is 7.98. The number of allylic oxidation sites excluding steroid dienone is 1. The normalized spacial score (nSPS) is 14.8. The smallest absolute Gasteiger partial charge is 0.250 e. The predicted octanol–water partition coefficient (Wildman–Crippen LogP) is 2.92. The number of primary amides is 1. The van der Waals surface area contributed by atoms with Crippen LogP contribution in [0.2, 0.25) is 0 Å². The maximum atomic E-state index is 11.5. The highest BCUT2D eigenvalue weighted by Gasteiger charge is 2.15. The quantitative estimate of drug-likeness (QED) is 0.891. The zero-order valence-corrected chi connectivity index (χ0v) is 11.4. The number of nitrogens with zero attached hydrogens (tertiary/aromatic N) is 2. The molecule has 100 valence electrons. The molecule has 20 heavy (non-hydrogen) atoms. The van der Waals surface area contributed by atoms with E-state index in [-0.39, 0.29) is 0 Å². The second-order valence-corrected chi connectivity index (χ2v) is 4.90. The lowest BCUT2D eigenvalue weighted by molar-refractivity contribution is 0.0999. The van der Waals surface area contributed by atoms with Crippen molar-refractivity contribution >= 4 is 29.6 Å². The van der Waals surface area contributed by atoms with Gasteiger partial charge >= 0.3 is 0 Å². The van der Waals surface area contributed by atoms with E-state index in [1.807, 2.05) is 61.3 Å². The van der Waals surface area contributed by atoms with E-state index >= 15 is 0 Å². The van der Waals surface area contributed by atoms with E-state index in [9.17, 15) is 4.79 Å². The summed E-state index contributed by atoms with van der Waals surface area (Å²) in [5.74, 6) is -0.391. The number of rotatable bonds is 2. The molecule has 4 heteroatoms. The van der Waals surface area contributed by atoms with E-state index in [2.05, 4.69) is 4.99 Å². The Morgan fingerprint density at radius 2 is 2.05 bits per heavy atom. The Balaban J connectivity index is 2.09. The first-order chi connectivity index (χ1) is 9.58. The summed E-state index contributed by atoms with van der Waals surface area (Å²) in [5.41, 5.74) is 10.8. The van der Waals surface area contributed by atoms with Crippen molar-refractivity contribution in [2.24, 2.45) is 10.7 Å². The highest BCUT2D eigenvalue weighted by molar-refractivity contribution is 6.20. The van der Waals surface area contributed by atoms with Crippen LogP contribution in [0.15, 0.2) is 35.5 Å². The van der Waals surface area contributed by atoms with Crippen molar-refractivity contribution in [1.82, 2.24) is 4.57 Å². The van der Waals surface area contributed by atoms with E-state index in [1.165, 1.54) is 0 Å². The third-order valence-electron chi connectivity index (χ3n) is 3.56. The van der Waals surface area contributed by atoms with Crippen molar-refractivity contribution < 1.29 is 4.79 Å². The highest BCUT2D eigenvalue weighted by Crippen LogP contribution is 2.31. The third-order valence-corrected chi connectivity index (χ3v) is 3.56. The lowest BCUT2D eigenvalue weighted by atomic mass is 10.1. The van der Waals surface area contributed by atoms with Crippen molar-refractivity contribution in [3.05, 3.63) is 52.8 Å². The van der Waals surface area contributed by atoms with Gasteiger partial charge in [-0.15, -0.1) is 0 Å². The maximum Gasteiger partial charge on any atom is 0.250 e.